The average molecular weight is 195 g/mol. The summed E-state index contributed by atoms with van der Waals surface area (Å²) in [6, 6.07) is 14.4. The Morgan fingerprint density at radius 3 is 2.40 bits per heavy atom. The zero-order valence-corrected chi connectivity index (χ0v) is 8.72. The molecular formula is C14H13N. The van der Waals surface area contributed by atoms with Crippen molar-refractivity contribution < 1.29 is 0 Å². The van der Waals surface area contributed by atoms with Gasteiger partial charge in [-0.3, -0.25) is 4.98 Å². The highest BCUT2D eigenvalue weighted by Crippen LogP contribution is 2.07. The van der Waals surface area contributed by atoms with Gasteiger partial charge in [0.25, 0.3) is 0 Å². The first-order valence-corrected chi connectivity index (χ1v) is 5.00. The molecule has 1 nitrogen and oxygen atoms in total. The highest BCUT2D eigenvalue weighted by atomic mass is 14.6. The summed E-state index contributed by atoms with van der Waals surface area (Å²) in [7, 11) is 0. The van der Waals surface area contributed by atoms with Crippen LogP contribution in [0, 0.1) is 6.92 Å². The third kappa shape index (κ3) is 2.78. The first-order valence-electron chi connectivity index (χ1n) is 5.00. The van der Waals surface area contributed by atoms with E-state index in [-0.39, 0.29) is 0 Å². The number of aryl methyl sites for hydroxylation is 1. The molecule has 0 unspecified atom stereocenters. The maximum Gasteiger partial charge on any atom is 0.0378 e. The Balaban J connectivity index is 2.19. The van der Waals surface area contributed by atoms with E-state index in [1.54, 1.807) is 0 Å². The van der Waals surface area contributed by atoms with Crippen LogP contribution in [0.15, 0.2) is 48.7 Å². The molecule has 2 aromatic rings. The van der Waals surface area contributed by atoms with Gasteiger partial charge in [-0.15, -0.1) is 0 Å². The monoisotopic (exact) mass is 195 g/mol. The molecule has 1 heteroatoms. The largest absolute Gasteiger partial charge is 0.262 e. The van der Waals surface area contributed by atoms with E-state index in [2.05, 4.69) is 35.3 Å². The van der Waals surface area contributed by atoms with E-state index < -0.39 is 0 Å². The van der Waals surface area contributed by atoms with Gasteiger partial charge < -0.3 is 0 Å². The van der Waals surface area contributed by atoms with Gasteiger partial charge in [-0.05, 0) is 30.2 Å². The summed E-state index contributed by atoms with van der Waals surface area (Å²) in [4.78, 5) is 4.16. The molecule has 0 radical (unpaired) electrons. The average Bonchev–Trinajstić information content (AvgIpc) is 2.28. The van der Waals surface area contributed by atoms with E-state index in [9.17, 15) is 0 Å². The molecule has 2 rings (SSSR count). The van der Waals surface area contributed by atoms with E-state index in [1.807, 2.05) is 37.4 Å². The molecule has 1 aromatic heterocycles. The predicted octanol–water partition coefficient (Wildman–Crippen LogP) is 3.56. The van der Waals surface area contributed by atoms with Crippen molar-refractivity contribution in [3.63, 3.8) is 0 Å². The minimum atomic E-state index is 1.05. The maximum absolute atomic E-state index is 4.16. The van der Waals surface area contributed by atoms with Crippen LogP contribution in [0.2, 0.25) is 0 Å². The number of nitrogens with zero attached hydrogens (tertiary/aromatic N) is 1. The zero-order valence-electron chi connectivity index (χ0n) is 8.72. The molecule has 74 valence electrons. The van der Waals surface area contributed by atoms with E-state index in [0.717, 1.165) is 5.69 Å². The number of hydrogen-bond acceptors (Lipinski definition) is 1. The van der Waals surface area contributed by atoms with E-state index >= 15 is 0 Å². The molecule has 0 spiro atoms. The van der Waals surface area contributed by atoms with Gasteiger partial charge in [-0.1, -0.05) is 42.5 Å². The molecular weight excluding hydrogens is 182 g/mol. The molecule has 0 fully saturated rings. The lowest BCUT2D eigenvalue weighted by molar-refractivity contribution is 1.20. The van der Waals surface area contributed by atoms with Crippen molar-refractivity contribution in [2.75, 3.05) is 0 Å². The van der Waals surface area contributed by atoms with Gasteiger partial charge in [-0.25, -0.2) is 0 Å². The van der Waals surface area contributed by atoms with Gasteiger partial charge in [0.2, 0.25) is 0 Å². The third-order valence-electron chi connectivity index (χ3n) is 2.19. The third-order valence-corrected chi connectivity index (χ3v) is 2.19. The molecule has 15 heavy (non-hydrogen) atoms. The zero-order chi connectivity index (χ0) is 10.5. The molecule has 1 aromatic carbocycles. The molecule has 1 heterocycles. The van der Waals surface area contributed by atoms with Crippen molar-refractivity contribution in [3.8, 4) is 0 Å². The topological polar surface area (TPSA) is 12.9 Å². The Bertz CT molecular complexity index is 458. The molecule has 0 aliphatic rings. The quantitative estimate of drug-likeness (QED) is 0.714. The van der Waals surface area contributed by atoms with Crippen molar-refractivity contribution in [3.05, 3.63) is 65.5 Å². The van der Waals surface area contributed by atoms with Gasteiger partial charge in [0, 0.05) is 11.9 Å². The number of pyridine rings is 1. The van der Waals surface area contributed by atoms with E-state index in [0.29, 0.717) is 0 Å². The van der Waals surface area contributed by atoms with Gasteiger partial charge >= 0.3 is 0 Å². The lowest BCUT2D eigenvalue weighted by Gasteiger charge is -1.95. The Hall–Kier alpha value is -1.89. The van der Waals surface area contributed by atoms with Gasteiger partial charge in [-0.2, -0.15) is 0 Å². The van der Waals surface area contributed by atoms with Gasteiger partial charge in [0.1, 0.15) is 0 Å². The molecule has 0 aliphatic carbocycles. The Morgan fingerprint density at radius 1 is 0.933 bits per heavy atom. The molecule has 0 saturated carbocycles. The number of benzene rings is 1. The Morgan fingerprint density at radius 2 is 1.67 bits per heavy atom. The first kappa shape index (κ1) is 9.66. The fourth-order valence-electron chi connectivity index (χ4n) is 1.43. The van der Waals surface area contributed by atoms with Crippen LogP contribution in [-0.4, -0.2) is 4.98 Å². The van der Waals surface area contributed by atoms with Crippen LogP contribution in [-0.2, 0) is 0 Å². The van der Waals surface area contributed by atoms with Crippen LogP contribution < -0.4 is 0 Å². The lowest BCUT2D eigenvalue weighted by Crippen LogP contribution is -1.80. The summed E-state index contributed by atoms with van der Waals surface area (Å²) in [5.41, 5.74) is 3.45. The second-order valence-corrected chi connectivity index (χ2v) is 3.47. The van der Waals surface area contributed by atoms with Gasteiger partial charge in [0.05, 0.1) is 0 Å². The van der Waals surface area contributed by atoms with E-state index in [1.165, 1.54) is 11.1 Å². The number of aromatic nitrogens is 1. The second-order valence-electron chi connectivity index (χ2n) is 3.47. The summed E-state index contributed by atoms with van der Waals surface area (Å²) in [6.45, 7) is 2.00. The number of rotatable bonds is 2. The summed E-state index contributed by atoms with van der Waals surface area (Å²) in [5.74, 6) is 0. The van der Waals surface area contributed by atoms with Crippen molar-refractivity contribution >= 4 is 12.2 Å². The minimum Gasteiger partial charge on any atom is -0.262 e. The van der Waals surface area contributed by atoms with Gasteiger partial charge in [0.15, 0.2) is 0 Å². The number of hydrogen-bond donors (Lipinski definition) is 0. The van der Waals surface area contributed by atoms with Crippen LogP contribution in [0.4, 0.5) is 0 Å². The molecule has 0 bridgehead atoms. The summed E-state index contributed by atoms with van der Waals surface area (Å²) >= 11 is 0. The summed E-state index contributed by atoms with van der Waals surface area (Å²) in [6.07, 6.45) is 6.04. The minimum absolute atomic E-state index is 1.05. The molecule has 0 atom stereocenters. The van der Waals surface area contributed by atoms with Crippen molar-refractivity contribution in [1.82, 2.24) is 4.98 Å². The SMILES string of the molecule is Cc1cc(C=Cc2ccccc2)ccn1. The fourth-order valence-corrected chi connectivity index (χ4v) is 1.43. The standard InChI is InChI=1S/C14H13N/c1-12-11-14(9-10-15-12)8-7-13-5-3-2-4-6-13/h2-11H,1H3. The lowest BCUT2D eigenvalue weighted by atomic mass is 10.1. The second kappa shape index (κ2) is 4.56. The highest BCUT2D eigenvalue weighted by molar-refractivity contribution is 5.69. The predicted molar refractivity (Wildman–Crippen MR) is 64.3 cm³/mol. The molecule has 0 amide bonds. The van der Waals surface area contributed by atoms with Crippen LogP contribution in [0.5, 0.6) is 0 Å². The fraction of sp³-hybridized carbons (Fsp3) is 0.0714. The molecule has 0 saturated heterocycles. The molecule has 0 N–H and O–H groups in total. The summed E-state index contributed by atoms with van der Waals surface area (Å²) < 4.78 is 0. The maximum atomic E-state index is 4.16. The van der Waals surface area contributed by atoms with Crippen LogP contribution in [0.1, 0.15) is 16.8 Å². The summed E-state index contributed by atoms with van der Waals surface area (Å²) in [5, 5.41) is 0. The smallest absolute Gasteiger partial charge is 0.0378 e. The molecule has 0 aliphatic heterocycles. The van der Waals surface area contributed by atoms with Crippen molar-refractivity contribution in [2.45, 2.75) is 6.92 Å². The van der Waals surface area contributed by atoms with Crippen LogP contribution in [0.3, 0.4) is 0 Å². The van der Waals surface area contributed by atoms with E-state index in [4.69, 9.17) is 0 Å². The normalized spacial score (nSPS) is 10.7. The van der Waals surface area contributed by atoms with Crippen molar-refractivity contribution in [1.29, 1.82) is 0 Å². The van der Waals surface area contributed by atoms with Crippen LogP contribution >= 0.6 is 0 Å². The Labute approximate surface area is 90.1 Å². The van der Waals surface area contributed by atoms with Crippen molar-refractivity contribution in [2.24, 2.45) is 0 Å². The highest BCUT2D eigenvalue weighted by Gasteiger charge is 1.88. The first-order chi connectivity index (χ1) is 7.34. The Kier molecular flexibility index (Phi) is 2.93. The van der Waals surface area contributed by atoms with Crippen LogP contribution in [0.25, 0.3) is 12.2 Å².